The van der Waals surface area contributed by atoms with Crippen LogP contribution >= 0.6 is 0 Å². The topological polar surface area (TPSA) is 203 Å². The molecular formula is C47H52O16. The second-order valence-electron chi connectivity index (χ2n) is 14.0. The molecule has 3 aromatic carbocycles. The molecular weight excluding hydrogens is 821 g/mol. The predicted molar refractivity (Wildman–Crippen MR) is 224 cm³/mol. The predicted octanol–water partition coefficient (Wildman–Crippen LogP) is 6.97. The number of esters is 7. The van der Waals surface area contributed by atoms with E-state index in [1.807, 2.05) is 0 Å². The Hall–Kier alpha value is -6.81. The summed E-state index contributed by atoms with van der Waals surface area (Å²) >= 11 is 0. The fraction of sp³-hybridized carbons (Fsp3) is 0.383. The van der Waals surface area contributed by atoms with Crippen LogP contribution in [0.3, 0.4) is 0 Å². The van der Waals surface area contributed by atoms with Crippen LogP contribution in [0.5, 0.6) is 23.0 Å². The molecule has 0 bridgehead atoms. The van der Waals surface area contributed by atoms with Gasteiger partial charge in [-0.2, -0.15) is 0 Å². The van der Waals surface area contributed by atoms with Gasteiger partial charge in [-0.15, -0.1) is 0 Å². The zero-order chi connectivity index (χ0) is 45.4. The lowest BCUT2D eigenvalue weighted by Gasteiger charge is -2.26. The van der Waals surface area contributed by atoms with Crippen LogP contribution in [0.4, 0.5) is 0 Å². The van der Waals surface area contributed by atoms with E-state index < -0.39 is 41.7 Å². The van der Waals surface area contributed by atoms with Crippen molar-refractivity contribution in [3.63, 3.8) is 0 Å². The summed E-state index contributed by atoms with van der Waals surface area (Å²) in [5.74, 6) is -4.53. The summed E-state index contributed by atoms with van der Waals surface area (Å²) in [5, 5.41) is 0. The summed E-state index contributed by atoms with van der Waals surface area (Å²) in [7, 11) is 0. The number of unbranched alkanes of at least 4 members (excludes halogenated alkanes) is 2. The first kappa shape index (κ1) is 48.9. The molecule has 1 aliphatic carbocycles. The number of ether oxygens (including phenoxy) is 9. The maximum absolute atomic E-state index is 13.3. The molecule has 0 atom stereocenters. The molecule has 0 amide bonds. The summed E-state index contributed by atoms with van der Waals surface area (Å²) in [6.07, 6.45) is 6.06. The zero-order valence-electron chi connectivity index (χ0n) is 35.2. The highest BCUT2D eigenvalue weighted by molar-refractivity contribution is 5.96. The van der Waals surface area contributed by atoms with Gasteiger partial charge in [-0.3, -0.25) is 9.59 Å². The van der Waals surface area contributed by atoms with Crippen LogP contribution in [-0.4, -0.2) is 88.0 Å². The molecule has 0 spiro atoms. The van der Waals surface area contributed by atoms with E-state index in [2.05, 4.69) is 13.2 Å². The van der Waals surface area contributed by atoms with Gasteiger partial charge in [0.15, 0.2) is 0 Å². The van der Waals surface area contributed by atoms with Gasteiger partial charge in [0, 0.05) is 18.8 Å². The van der Waals surface area contributed by atoms with Gasteiger partial charge in [-0.05, 0) is 125 Å². The molecule has 4 rings (SSSR count). The van der Waals surface area contributed by atoms with Crippen molar-refractivity contribution in [1.82, 2.24) is 0 Å². The Labute approximate surface area is 365 Å². The largest absolute Gasteiger partial charge is 0.494 e. The highest BCUT2D eigenvalue weighted by Crippen LogP contribution is 2.33. The molecule has 0 aromatic heterocycles. The Morgan fingerprint density at radius 1 is 0.524 bits per heavy atom. The van der Waals surface area contributed by atoms with Crippen LogP contribution in [-0.2, 0) is 42.9 Å². The Morgan fingerprint density at radius 3 is 1.57 bits per heavy atom. The van der Waals surface area contributed by atoms with Crippen LogP contribution in [0, 0.1) is 11.8 Å². The standard InChI is InChI=1S/C47H52O16/c1-4-41(48)57-26-8-7-25-56-36-19-15-34(16-20-36)44(51)61-37-21-17-35(18-22-37)45(52)62-38-23-24-40(39(31-38)47(54)60-30-29-55-6-3)63-46(53)33-13-11-32(12-14-33)43(50)59-28-10-9-27-58-42(49)5-2/h4-5,15-24,31-33H,1-2,6-14,25-30H2,3H3. The first-order chi connectivity index (χ1) is 30.5. The van der Waals surface area contributed by atoms with Gasteiger partial charge >= 0.3 is 41.8 Å². The maximum Gasteiger partial charge on any atom is 0.343 e. The fourth-order valence-corrected chi connectivity index (χ4v) is 6.02. The summed E-state index contributed by atoms with van der Waals surface area (Å²) in [4.78, 5) is 87.2. The Bertz CT molecular complexity index is 2030. The summed E-state index contributed by atoms with van der Waals surface area (Å²) < 4.78 is 48.1. The van der Waals surface area contributed by atoms with Crippen molar-refractivity contribution in [2.24, 2.45) is 11.8 Å². The molecule has 0 unspecified atom stereocenters. The van der Waals surface area contributed by atoms with Crippen LogP contribution in [0.25, 0.3) is 0 Å². The number of rotatable bonds is 25. The van der Waals surface area contributed by atoms with Crippen molar-refractivity contribution < 1.29 is 76.2 Å². The van der Waals surface area contributed by atoms with Crippen LogP contribution in [0.2, 0.25) is 0 Å². The van der Waals surface area contributed by atoms with Crippen molar-refractivity contribution in [2.75, 3.05) is 46.2 Å². The lowest BCUT2D eigenvalue weighted by atomic mass is 9.82. The monoisotopic (exact) mass is 872 g/mol. The van der Waals surface area contributed by atoms with Gasteiger partial charge in [0.25, 0.3) is 0 Å². The molecule has 1 saturated carbocycles. The third-order valence-electron chi connectivity index (χ3n) is 9.45. The van der Waals surface area contributed by atoms with Crippen molar-refractivity contribution in [2.45, 2.75) is 58.3 Å². The quantitative estimate of drug-likeness (QED) is 0.0277. The highest BCUT2D eigenvalue weighted by Gasteiger charge is 2.33. The molecule has 16 nitrogen and oxygen atoms in total. The Morgan fingerprint density at radius 2 is 1.02 bits per heavy atom. The molecule has 63 heavy (non-hydrogen) atoms. The average Bonchev–Trinajstić information content (AvgIpc) is 3.30. The van der Waals surface area contributed by atoms with Crippen molar-refractivity contribution in [3.8, 4) is 23.0 Å². The lowest BCUT2D eigenvalue weighted by Crippen LogP contribution is -2.30. The Balaban J connectivity index is 1.28. The van der Waals surface area contributed by atoms with E-state index in [1.54, 1.807) is 31.2 Å². The van der Waals surface area contributed by atoms with E-state index in [9.17, 15) is 33.6 Å². The van der Waals surface area contributed by atoms with Gasteiger partial charge in [-0.1, -0.05) is 13.2 Å². The maximum atomic E-state index is 13.3. The van der Waals surface area contributed by atoms with E-state index in [0.29, 0.717) is 70.3 Å². The van der Waals surface area contributed by atoms with E-state index in [0.717, 1.165) is 12.2 Å². The molecule has 16 heteroatoms. The van der Waals surface area contributed by atoms with E-state index in [1.165, 1.54) is 42.5 Å². The van der Waals surface area contributed by atoms with Crippen LogP contribution < -0.4 is 18.9 Å². The minimum atomic E-state index is -0.838. The van der Waals surface area contributed by atoms with Crippen molar-refractivity contribution >= 4 is 41.8 Å². The Kier molecular flexibility index (Phi) is 20.6. The molecule has 1 fully saturated rings. The van der Waals surface area contributed by atoms with Gasteiger partial charge in [0.2, 0.25) is 0 Å². The number of hydrogen-bond acceptors (Lipinski definition) is 16. The molecule has 1 aliphatic rings. The molecule has 0 heterocycles. The first-order valence-corrected chi connectivity index (χ1v) is 20.6. The first-order valence-electron chi connectivity index (χ1n) is 20.6. The van der Waals surface area contributed by atoms with E-state index >= 15 is 0 Å². The van der Waals surface area contributed by atoms with Crippen molar-refractivity contribution in [3.05, 3.63) is 109 Å². The average molecular weight is 873 g/mol. The normalized spacial score (nSPS) is 14.2. The van der Waals surface area contributed by atoms with Gasteiger partial charge in [0.05, 0.1) is 56.0 Å². The number of carbonyl (C=O) groups excluding carboxylic acids is 7. The smallest absolute Gasteiger partial charge is 0.343 e. The van der Waals surface area contributed by atoms with E-state index in [-0.39, 0.29) is 78.9 Å². The minimum absolute atomic E-state index is 0.0367. The van der Waals surface area contributed by atoms with Gasteiger partial charge < -0.3 is 42.6 Å². The third kappa shape index (κ3) is 16.9. The van der Waals surface area contributed by atoms with E-state index in [4.69, 9.17) is 42.6 Å². The lowest BCUT2D eigenvalue weighted by molar-refractivity contribution is -0.152. The van der Waals surface area contributed by atoms with Gasteiger partial charge in [-0.25, -0.2) is 24.0 Å². The SMILES string of the molecule is C=CC(=O)OCCCCOC(=O)C1CCC(C(=O)Oc2ccc(OC(=O)c3ccc(OC(=O)c4ccc(OCCCCOC(=O)C=C)cc4)cc3)cc2C(=O)OCCOCC)CC1. The molecule has 0 aliphatic heterocycles. The molecule has 0 saturated heterocycles. The third-order valence-corrected chi connectivity index (χ3v) is 9.45. The molecule has 0 radical (unpaired) electrons. The second-order valence-corrected chi connectivity index (χ2v) is 14.0. The number of benzene rings is 3. The molecule has 3 aromatic rings. The fourth-order valence-electron chi connectivity index (χ4n) is 6.02. The van der Waals surface area contributed by atoms with Crippen LogP contribution in [0.15, 0.2) is 92.0 Å². The summed E-state index contributed by atoms with van der Waals surface area (Å²) in [6, 6.07) is 15.9. The second kappa shape index (κ2) is 26.5. The van der Waals surface area contributed by atoms with Gasteiger partial charge in [0.1, 0.15) is 35.2 Å². The summed E-state index contributed by atoms with van der Waals surface area (Å²) in [5.41, 5.74) is 0.217. The molecule has 336 valence electrons. The minimum Gasteiger partial charge on any atom is -0.494 e. The van der Waals surface area contributed by atoms with Crippen molar-refractivity contribution in [1.29, 1.82) is 0 Å². The highest BCUT2D eigenvalue weighted by atomic mass is 16.6. The zero-order valence-corrected chi connectivity index (χ0v) is 35.2. The number of hydrogen-bond donors (Lipinski definition) is 0. The van der Waals surface area contributed by atoms with Crippen LogP contribution in [0.1, 0.15) is 89.4 Å². The summed E-state index contributed by atoms with van der Waals surface area (Å²) in [6.45, 7) is 9.97. The molecule has 0 N–H and O–H groups in total. The number of carbonyl (C=O) groups is 7.